The zero-order chi connectivity index (χ0) is 12.7. The summed E-state index contributed by atoms with van der Waals surface area (Å²) in [6, 6.07) is 0.101. The van der Waals surface area contributed by atoms with Gasteiger partial charge in [-0.25, -0.2) is 4.79 Å². The Morgan fingerprint density at radius 3 is 2.71 bits per heavy atom. The molecule has 0 aliphatic heterocycles. The van der Waals surface area contributed by atoms with Crippen molar-refractivity contribution < 1.29 is 9.53 Å². The number of fused-ring (bicyclic) bond motifs is 2. The van der Waals surface area contributed by atoms with Crippen LogP contribution in [0.3, 0.4) is 0 Å². The average molecular weight is 240 g/mol. The van der Waals surface area contributed by atoms with Crippen LogP contribution in [0.4, 0.5) is 4.79 Å². The average Bonchev–Trinajstić information content (AvgIpc) is 2.38. The molecule has 2 rings (SSSR count). The summed E-state index contributed by atoms with van der Waals surface area (Å²) >= 11 is 0. The minimum absolute atomic E-state index is 0.101. The zero-order valence-corrected chi connectivity index (χ0v) is 11.1. The van der Waals surface area contributed by atoms with Gasteiger partial charge in [-0.2, -0.15) is 0 Å². The first kappa shape index (κ1) is 12.7. The van der Waals surface area contributed by atoms with Crippen molar-refractivity contribution in [1.82, 2.24) is 5.32 Å². The molecule has 0 saturated heterocycles. The number of nitrogens with two attached hydrogens (primary N) is 1. The number of alkyl carbamates (subject to hydrolysis) is 1. The molecule has 2 fully saturated rings. The van der Waals surface area contributed by atoms with Crippen molar-refractivity contribution >= 4 is 6.09 Å². The maximum atomic E-state index is 11.9. The molecule has 0 aromatic heterocycles. The van der Waals surface area contributed by atoms with Crippen molar-refractivity contribution in [3.05, 3.63) is 0 Å². The summed E-state index contributed by atoms with van der Waals surface area (Å²) < 4.78 is 5.33. The SMILES string of the molecule is CC(C)(C)OC(=O)N[C@]12CCC[C@H](CC1)[C@@H]2N. The van der Waals surface area contributed by atoms with Gasteiger partial charge in [0.2, 0.25) is 0 Å². The van der Waals surface area contributed by atoms with Crippen LogP contribution in [0, 0.1) is 5.92 Å². The summed E-state index contributed by atoms with van der Waals surface area (Å²) in [6.07, 6.45) is 5.17. The highest BCUT2D eigenvalue weighted by molar-refractivity contribution is 5.69. The highest BCUT2D eigenvalue weighted by atomic mass is 16.6. The molecule has 98 valence electrons. The Morgan fingerprint density at radius 1 is 1.35 bits per heavy atom. The third kappa shape index (κ3) is 2.57. The Morgan fingerprint density at radius 2 is 2.06 bits per heavy atom. The molecule has 0 unspecified atom stereocenters. The van der Waals surface area contributed by atoms with E-state index in [1.807, 2.05) is 20.8 Å². The predicted octanol–water partition coefficient (Wildman–Crippen LogP) is 2.17. The Kier molecular flexibility index (Phi) is 3.10. The van der Waals surface area contributed by atoms with Gasteiger partial charge < -0.3 is 15.8 Å². The van der Waals surface area contributed by atoms with Gasteiger partial charge in [0.05, 0.1) is 5.54 Å². The van der Waals surface area contributed by atoms with Gasteiger partial charge in [-0.1, -0.05) is 6.42 Å². The number of nitrogens with one attached hydrogen (secondary N) is 1. The maximum Gasteiger partial charge on any atom is 0.408 e. The lowest BCUT2D eigenvalue weighted by molar-refractivity contribution is 0.0419. The van der Waals surface area contributed by atoms with E-state index in [-0.39, 0.29) is 17.7 Å². The lowest BCUT2D eigenvalue weighted by Gasteiger charge is -2.40. The fraction of sp³-hybridized carbons (Fsp3) is 0.923. The van der Waals surface area contributed by atoms with Crippen molar-refractivity contribution in [3.63, 3.8) is 0 Å². The molecule has 0 heterocycles. The molecule has 0 aromatic rings. The Bertz CT molecular complexity index is 307. The molecule has 2 bridgehead atoms. The minimum atomic E-state index is -0.447. The number of ether oxygens (including phenoxy) is 1. The number of amides is 1. The van der Waals surface area contributed by atoms with Gasteiger partial charge in [-0.15, -0.1) is 0 Å². The summed E-state index contributed by atoms with van der Waals surface area (Å²) in [4.78, 5) is 11.9. The van der Waals surface area contributed by atoms with Crippen LogP contribution in [0.1, 0.15) is 52.9 Å². The highest BCUT2D eigenvalue weighted by Gasteiger charge is 2.50. The molecule has 0 spiro atoms. The lowest BCUT2D eigenvalue weighted by atomic mass is 9.79. The summed E-state index contributed by atoms with van der Waals surface area (Å²) in [7, 11) is 0. The number of carbonyl (C=O) groups excluding carboxylic acids is 1. The third-order valence-electron chi connectivity index (χ3n) is 4.05. The van der Waals surface area contributed by atoms with E-state index in [1.165, 1.54) is 6.42 Å². The molecule has 4 nitrogen and oxygen atoms in total. The van der Waals surface area contributed by atoms with Gasteiger partial charge in [0.1, 0.15) is 5.60 Å². The number of rotatable bonds is 1. The van der Waals surface area contributed by atoms with E-state index in [0.29, 0.717) is 5.92 Å². The van der Waals surface area contributed by atoms with Gasteiger partial charge >= 0.3 is 6.09 Å². The van der Waals surface area contributed by atoms with Gasteiger partial charge in [0.15, 0.2) is 0 Å². The first-order valence-electron chi connectivity index (χ1n) is 6.59. The molecular formula is C13H24N2O2. The van der Waals surface area contributed by atoms with Crippen molar-refractivity contribution in [2.75, 3.05) is 0 Å². The van der Waals surface area contributed by atoms with Crippen molar-refractivity contribution in [1.29, 1.82) is 0 Å². The van der Waals surface area contributed by atoms with E-state index >= 15 is 0 Å². The summed E-state index contributed by atoms with van der Waals surface area (Å²) in [6.45, 7) is 5.63. The van der Waals surface area contributed by atoms with Crippen molar-refractivity contribution in [2.24, 2.45) is 11.7 Å². The lowest BCUT2D eigenvalue weighted by Crippen LogP contribution is -2.60. The molecule has 2 aliphatic carbocycles. The molecule has 17 heavy (non-hydrogen) atoms. The summed E-state index contributed by atoms with van der Waals surface area (Å²) in [5.74, 6) is 0.582. The van der Waals surface area contributed by atoms with E-state index < -0.39 is 5.60 Å². The third-order valence-corrected chi connectivity index (χ3v) is 4.05. The molecule has 0 radical (unpaired) electrons. The molecule has 3 N–H and O–H groups in total. The first-order valence-corrected chi connectivity index (χ1v) is 6.59. The molecule has 3 atom stereocenters. The minimum Gasteiger partial charge on any atom is -0.444 e. The Labute approximate surface area is 103 Å². The molecule has 2 saturated carbocycles. The predicted molar refractivity (Wildman–Crippen MR) is 66.7 cm³/mol. The van der Waals surface area contributed by atoms with Crippen LogP contribution in [0.2, 0.25) is 0 Å². The van der Waals surface area contributed by atoms with Gasteiger partial charge in [0, 0.05) is 6.04 Å². The smallest absolute Gasteiger partial charge is 0.408 e. The van der Waals surface area contributed by atoms with Crippen LogP contribution in [-0.4, -0.2) is 23.3 Å². The van der Waals surface area contributed by atoms with E-state index in [1.54, 1.807) is 0 Å². The second-order valence-electron chi connectivity index (χ2n) is 6.50. The second kappa shape index (κ2) is 4.16. The van der Waals surface area contributed by atoms with Crippen molar-refractivity contribution in [3.8, 4) is 0 Å². The van der Waals surface area contributed by atoms with Crippen LogP contribution in [0.25, 0.3) is 0 Å². The molecule has 0 aromatic carbocycles. The van der Waals surface area contributed by atoms with Gasteiger partial charge in [-0.05, 0) is 52.4 Å². The summed E-state index contributed by atoms with van der Waals surface area (Å²) in [5.41, 5.74) is 5.61. The largest absolute Gasteiger partial charge is 0.444 e. The topological polar surface area (TPSA) is 64.3 Å². The van der Waals surface area contributed by atoms with E-state index in [4.69, 9.17) is 10.5 Å². The number of carbonyl (C=O) groups is 1. The summed E-state index contributed by atoms with van der Waals surface area (Å²) in [5, 5.41) is 3.04. The van der Waals surface area contributed by atoms with Crippen molar-refractivity contribution in [2.45, 2.75) is 70.1 Å². The highest BCUT2D eigenvalue weighted by Crippen LogP contribution is 2.44. The standard InChI is InChI=1S/C13H24N2O2/c1-12(2,3)17-11(16)15-13-7-4-5-9(6-8-13)10(13)14/h9-10H,4-8,14H2,1-3H3,(H,15,16)/t9-,10+,13-/m1/s1. The molecule has 2 aliphatic rings. The zero-order valence-electron chi connectivity index (χ0n) is 11.1. The maximum absolute atomic E-state index is 11.9. The fourth-order valence-corrected chi connectivity index (χ4v) is 3.25. The van der Waals surface area contributed by atoms with Crippen LogP contribution < -0.4 is 11.1 Å². The van der Waals surface area contributed by atoms with Gasteiger partial charge in [0.25, 0.3) is 0 Å². The van der Waals surface area contributed by atoms with Crippen LogP contribution in [-0.2, 0) is 4.74 Å². The van der Waals surface area contributed by atoms with Crippen LogP contribution in [0.5, 0.6) is 0 Å². The molecule has 4 heteroatoms. The van der Waals surface area contributed by atoms with Crippen LogP contribution in [0.15, 0.2) is 0 Å². The Hall–Kier alpha value is -0.770. The monoisotopic (exact) mass is 240 g/mol. The van der Waals surface area contributed by atoms with E-state index in [0.717, 1.165) is 25.7 Å². The molecule has 1 amide bonds. The number of hydrogen-bond donors (Lipinski definition) is 2. The van der Waals surface area contributed by atoms with Crippen LogP contribution >= 0.6 is 0 Å². The number of hydrogen-bond acceptors (Lipinski definition) is 3. The quantitative estimate of drug-likeness (QED) is 0.738. The normalized spacial score (nSPS) is 36.7. The second-order valence-corrected chi connectivity index (χ2v) is 6.50. The molecular weight excluding hydrogens is 216 g/mol. The van der Waals surface area contributed by atoms with E-state index in [9.17, 15) is 4.79 Å². The van der Waals surface area contributed by atoms with Gasteiger partial charge in [-0.3, -0.25) is 0 Å². The van der Waals surface area contributed by atoms with E-state index in [2.05, 4.69) is 5.32 Å². The Balaban J connectivity index is 2.00. The fourth-order valence-electron chi connectivity index (χ4n) is 3.25. The first-order chi connectivity index (χ1) is 7.82.